The smallest absolute Gasteiger partial charge is 0.355 e. The van der Waals surface area contributed by atoms with Crippen LogP contribution < -0.4 is 15.4 Å². The quantitative estimate of drug-likeness (QED) is 0.699. The Morgan fingerprint density at radius 3 is 2.11 bits per heavy atom. The topological polar surface area (TPSA) is 104 Å². The number of benzene rings is 2. The van der Waals surface area contributed by atoms with Crippen LogP contribution in [0.15, 0.2) is 47.4 Å². The first-order chi connectivity index (χ1) is 12.9. The molecule has 0 radical (unpaired) electrons. The van der Waals surface area contributed by atoms with Crippen LogP contribution in [0.2, 0.25) is 0 Å². The molecule has 0 aromatic heterocycles. The van der Waals surface area contributed by atoms with Gasteiger partial charge in [-0.2, -0.15) is 13.2 Å². The Labute approximate surface area is 159 Å². The lowest BCUT2D eigenvalue weighted by molar-refractivity contribution is -0.136. The normalized spacial score (nSPS) is 11.6. The summed E-state index contributed by atoms with van der Waals surface area (Å²) in [6, 6.07) is 7.36. The summed E-state index contributed by atoms with van der Waals surface area (Å²) in [6.07, 6.45) is -4.87. The summed E-state index contributed by atoms with van der Waals surface area (Å²) in [5, 5.41) is 4.57. The van der Waals surface area contributed by atoms with Crippen LogP contribution >= 0.6 is 0 Å². The summed E-state index contributed by atoms with van der Waals surface area (Å²) in [5.41, 5.74) is -1.89. The van der Waals surface area contributed by atoms with Crippen molar-refractivity contribution in [2.75, 3.05) is 17.1 Å². The molecule has 0 fully saturated rings. The molecular formula is C17H16F3N3O4S. The van der Waals surface area contributed by atoms with Crippen LogP contribution in [-0.2, 0) is 21.0 Å². The highest BCUT2D eigenvalue weighted by molar-refractivity contribution is 7.92. The number of rotatable bonds is 5. The van der Waals surface area contributed by atoms with Crippen molar-refractivity contribution < 1.29 is 31.2 Å². The van der Waals surface area contributed by atoms with Crippen LogP contribution in [0.4, 0.5) is 24.5 Å². The molecule has 150 valence electrons. The Morgan fingerprint density at radius 1 is 1.00 bits per heavy atom. The third kappa shape index (κ3) is 5.00. The summed E-state index contributed by atoms with van der Waals surface area (Å²) >= 11 is 0. The zero-order valence-electron chi connectivity index (χ0n) is 14.7. The molecule has 0 saturated carbocycles. The fourth-order valence-corrected chi connectivity index (χ4v) is 3.36. The van der Waals surface area contributed by atoms with Crippen molar-refractivity contribution in [2.24, 2.45) is 0 Å². The van der Waals surface area contributed by atoms with E-state index in [-0.39, 0.29) is 16.1 Å². The number of hydrogen-bond acceptors (Lipinski definition) is 4. The van der Waals surface area contributed by atoms with E-state index in [1.807, 2.05) is 4.72 Å². The molecule has 0 spiro atoms. The molecule has 0 aliphatic rings. The summed E-state index contributed by atoms with van der Waals surface area (Å²) in [6.45, 7) is 1.13. The minimum absolute atomic E-state index is 0.127. The molecule has 0 atom stereocenters. The van der Waals surface area contributed by atoms with E-state index in [2.05, 4.69) is 10.6 Å². The van der Waals surface area contributed by atoms with E-state index < -0.39 is 39.3 Å². The van der Waals surface area contributed by atoms with Gasteiger partial charge in [0.25, 0.3) is 15.9 Å². The van der Waals surface area contributed by atoms with Crippen molar-refractivity contribution >= 4 is 33.2 Å². The third-order valence-corrected chi connectivity index (χ3v) is 4.92. The number of carbonyl (C=O) groups is 2. The molecule has 2 aromatic rings. The lowest BCUT2D eigenvalue weighted by atomic mass is 10.1. The minimum atomic E-state index is -4.87. The number of nitrogens with one attached hydrogen (secondary N) is 3. The van der Waals surface area contributed by atoms with Crippen molar-refractivity contribution in [3.05, 3.63) is 53.6 Å². The molecule has 0 bridgehead atoms. The SMILES string of the molecule is CNC(=O)c1ccc(S(=O)(=O)Nc2ccc(NC(C)=O)cc2C(F)(F)F)cc1. The highest BCUT2D eigenvalue weighted by Gasteiger charge is 2.35. The number of amides is 2. The van der Waals surface area contributed by atoms with Gasteiger partial charge in [-0.1, -0.05) is 0 Å². The van der Waals surface area contributed by atoms with Crippen LogP contribution in [0.3, 0.4) is 0 Å². The molecule has 0 saturated heterocycles. The molecule has 28 heavy (non-hydrogen) atoms. The van der Waals surface area contributed by atoms with E-state index in [1.165, 1.54) is 19.2 Å². The van der Waals surface area contributed by atoms with Crippen LogP contribution in [0, 0.1) is 0 Å². The summed E-state index contributed by atoms with van der Waals surface area (Å²) in [4.78, 5) is 22.2. The molecule has 3 N–H and O–H groups in total. The van der Waals surface area contributed by atoms with Gasteiger partial charge in [0.15, 0.2) is 0 Å². The summed E-state index contributed by atoms with van der Waals surface area (Å²) < 4.78 is 66.8. The Kier molecular flexibility index (Phi) is 5.98. The second-order valence-corrected chi connectivity index (χ2v) is 7.33. The van der Waals surface area contributed by atoms with Gasteiger partial charge in [0.05, 0.1) is 16.1 Å². The van der Waals surface area contributed by atoms with Gasteiger partial charge in [0.2, 0.25) is 5.91 Å². The van der Waals surface area contributed by atoms with E-state index in [9.17, 15) is 31.2 Å². The van der Waals surface area contributed by atoms with E-state index in [4.69, 9.17) is 0 Å². The van der Waals surface area contributed by atoms with Gasteiger partial charge in [-0.15, -0.1) is 0 Å². The number of sulfonamides is 1. The number of hydrogen-bond donors (Lipinski definition) is 3. The van der Waals surface area contributed by atoms with Crippen molar-refractivity contribution in [2.45, 2.75) is 18.0 Å². The maximum atomic E-state index is 13.3. The van der Waals surface area contributed by atoms with Crippen molar-refractivity contribution in [1.29, 1.82) is 0 Å². The Bertz CT molecular complexity index is 1000. The molecule has 0 aliphatic heterocycles. The van der Waals surface area contributed by atoms with Gasteiger partial charge >= 0.3 is 6.18 Å². The molecule has 0 unspecified atom stereocenters. The van der Waals surface area contributed by atoms with Gasteiger partial charge in [0, 0.05) is 25.2 Å². The highest BCUT2D eigenvalue weighted by atomic mass is 32.2. The monoisotopic (exact) mass is 415 g/mol. The van der Waals surface area contributed by atoms with E-state index in [0.717, 1.165) is 31.2 Å². The number of anilines is 2. The number of carbonyl (C=O) groups excluding carboxylic acids is 2. The first-order valence-corrected chi connectivity index (χ1v) is 9.26. The van der Waals surface area contributed by atoms with Crippen molar-refractivity contribution in [3.8, 4) is 0 Å². The summed E-state index contributed by atoms with van der Waals surface area (Å²) in [5.74, 6) is -1.01. The second-order valence-electron chi connectivity index (χ2n) is 5.65. The van der Waals surface area contributed by atoms with Gasteiger partial charge in [-0.3, -0.25) is 14.3 Å². The molecule has 7 nitrogen and oxygen atoms in total. The average Bonchev–Trinajstić information content (AvgIpc) is 2.61. The molecule has 2 aromatic carbocycles. The van der Waals surface area contributed by atoms with Crippen LogP contribution in [0.1, 0.15) is 22.8 Å². The van der Waals surface area contributed by atoms with Crippen LogP contribution in [0.25, 0.3) is 0 Å². The van der Waals surface area contributed by atoms with Crippen molar-refractivity contribution in [3.63, 3.8) is 0 Å². The zero-order chi connectivity index (χ0) is 21.1. The van der Waals surface area contributed by atoms with Crippen LogP contribution in [0.5, 0.6) is 0 Å². The lowest BCUT2D eigenvalue weighted by Gasteiger charge is -2.16. The molecule has 2 amide bonds. The molecule has 0 aliphatic carbocycles. The van der Waals surface area contributed by atoms with Crippen LogP contribution in [-0.4, -0.2) is 27.3 Å². The molecule has 2 rings (SSSR count). The first kappa shape index (κ1) is 21.2. The second kappa shape index (κ2) is 7.89. The van der Waals surface area contributed by atoms with Crippen molar-refractivity contribution in [1.82, 2.24) is 5.32 Å². The van der Waals surface area contributed by atoms with E-state index in [1.54, 1.807) is 0 Å². The minimum Gasteiger partial charge on any atom is -0.355 e. The average molecular weight is 415 g/mol. The Hall–Kier alpha value is -3.08. The van der Waals surface area contributed by atoms with Gasteiger partial charge in [0.1, 0.15) is 0 Å². The maximum Gasteiger partial charge on any atom is 0.418 e. The zero-order valence-corrected chi connectivity index (χ0v) is 15.5. The molecule has 0 heterocycles. The fourth-order valence-electron chi connectivity index (χ4n) is 2.28. The number of alkyl halides is 3. The fraction of sp³-hybridized carbons (Fsp3) is 0.176. The van der Waals surface area contributed by atoms with Gasteiger partial charge in [-0.25, -0.2) is 8.42 Å². The third-order valence-electron chi connectivity index (χ3n) is 3.54. The largest absolute Gasteiger partial charge is 0.418 e. The predicted molar refractivity (Wildman–Crippen MR) is 96.4 cm³/mol. The standard InChI is InChI=1S/C17H16F3N3O4S/c1-10(24)22-12-5-8-15(14(9-12)17(18,19)20)23-28(26,27)13-6-3-11(4-7-13)16(25)21-2/h3-9,23H,1-2H3,(H,21,25)(H,22,24). The Balaban J connectivity index is 2.40. The maximum absolute atomic E-state index is 13.3. The molecule has 11 heteroatoms. The summed E-state index contributed by atoms with van der Waals surface area (Å²) in [7, 11) is -2.95. The lowest BCUT2D eigenvalue weighted by Crippen LogP contribution is -2.19. The molecular weight excluding hydrogens is 399 g/mol. The highest BCUT2D eigenvalue weighted by Crippen LogP contribution is 2.37. The Morgan fingerprint density at radius 2 is 1.61 bits per heavy atom. The predicted octanol–water partition coefficient (Wildman–Crippen LogP) is 2.82. The first-order valence-electron chi connectivity index (χ1n) is 7.78. The van der Waals surface area contributed by atoms with E-state index >= 15 is 0 Å². The van der Waals surface area contributed by atoms with E-state index in [0.29, 0.717) is 6.07 Å². The number of halogens is 3. The van der Waals surface area contributed by atoms with Gasteiger partial charge in [-0.05, 0) is 42.5 Å². The van der Waals surface area contributed by atoms with Gasteiger partial charge < -0.3 is 10.6 Å².